The van der Waals surface area contributed by atoms with E-state index in [2.05, 4.69) is 9.55 Å². The zero-order valence-corrected chi connectivity index (χ0v) is 11.5. The SMILES string of the molecule is Cc1ccc2c(c1)[C@H](O)CC(c1cncn1C1CC1)O2. The number of ether oxygens (including phenoxy) is 1. The number of benzene rings is 1. The highest BCUT2D eigenvalue weighted by Crippen LogP contribution is 2.43. The van der Waals surface area contributed by atoms with E-state index < -0.39 is 6.10 Å². The summed E-state index contributed by atoms with van der Waals surface area (Å²) in [6.45, 7) is 2.03. The van der Waals surface area contributed by atoms with Gasteiger partial charge < -0.3 is 14.4 Å². The zero-order chi connectivity index (χ0) is 13.7. The van der Waals surface area contributed by atoms with Gasteiger partial charge in [-0.1, -0.05) is 11.6 Å². The number of aliphatic hydroxyl groups excluding tert-OH is 1. The molecule has 0 bridgehead atoms. The minimum atomic E-state index is -0.466. The number of fused-ring (bicyclic) bond motifs is 1. The second-order valence-electron chi connectivity index (χ2n) is 5.86. The molecule has 1 aliphatic heterocycles. The molecule has 1 fully saturated rings. The molecule has 0 spiro atoms. The first-order chi connectivity index (χ1) is 9.72. The van der Waals surface area contributed by atoms with Gasteiger partial charge in [-0.15, -0.1) is 0 Å². The highest BCUT2D eigenvalue weighted by Gasteiger charge is 2.33. The van der Waals surface area contributed by atoms with Gasteiger partial charge in [-0.2, -0.15) is 0 Å². The summed E-state index contributed by atoms with van der Waals surface area (Å²) in [4.78, 5) is 4.26. The van der Waals surface area contributed by atoms with Gasteiger partial charge >= 0.3 is 0 Å². The van der Waals surface area contributed by atoms with Crippen molar-refractivity contribution in [2.45, 2.75) is 44.4 Å². The predicted octanol–water partition coefficient (Wildman–Crippen LogP) is 3.08. The summed E-state index contributed by atoms with van der Waals surface area (Å²) < 4.78 is 8.30. The molecule has 2 heterocycles. The number of imidazole rings is 1. The van der Waals surface area contributed by atoms with E-state index in [4.69, 9.17) is 4.74 Å². The summed E-state index contributed by atoms with van der Waals surface area (Å²) in [5.74, 6) is 0.794. The third-order valence-corrected chi connectivity index (χ3v) is 4.20. The summed E-state index contributed by atoms with van der Waals surface area (Å²) in [5.41, 5.74) is 3.13. The lowest BCUT2D eigenvalue weighted by Gasteiger charge is -2.30. The maximum absolute atomic E-state index is 10.4. The van der Waals surface area contributed by atoms with Gasteiger partial charge in [0.1, 0.15) is 11.9 Å². The van der Waals surface area contributed by atoms with E-state index in [0.29, 0.717) is 12.5 Å². The molecule has 1 N–H and O–H groups in total. The number of nitrogens with zero attached hydrogens (tertiary/aromatic N) is 2. The van der Waals surface area contributed by atoms with E-state index in [-0.39, 0.29) is 6.10 Å². The number of aryl methyl sites for hydroxylation is 1. The Kier molecular flexibility index (Phi) is 2.60. The van der Waals surface area contributed by atoms with Crippen molar-refractivity contribution >= 4 is 0 Å². The minimum Gasteiger partial charge on any atom is -0.484 e. The molecule has 104 valence electrons. The van der Waals surface area contributed by atoms with Crippen LogP contribution in [-0.4, -0.2) is 14.7 Å². The van der Waals surface area contributed by atoms with Gasteiger partial charge in [0, 0.05) is 18.0 Å². The summed E-state index contributed by atoms with van der Waals surface area (Å²) in [6, 6.07) is 6.56. The van der Waals surface area contributed by atoms with Crippen molar-refractivity contribution in [2.75, 3.05) is 0 Å². The van der Waals surface area contributed by atoms with Crippen molar-refractivity contribution in [1.82, 2.24) is 9.55 Å². The van der Waals surface area contributed by atoms with Gasteiger partial charge in [-0.3, -0.25) is 0 Å². The first-order valence-corrected chi connectivity index (χ1v) is 7.19. The van der Waals surface area contributed by atoms with Crippen LogP contribution in [0.4, 0.5) is 0 Å². The number of hydrogen-bond donors (Lipinski definition) is 1. The molecule has 1 saturated carbocycles. The van der Waals surface area contributed by atoms with E-state index in [1.807, 2.05) is 37.6 Å². The molecule has 0 radical (unpaired) electrons. The molecule has 2 atom stereocenters. The third-order valence-electron chi connectivity index (χ3n) is 4.20. The Morgan fingerprint density at radius 3 is 3.00 bits per heavy atom. The largest absolute Gasteiger partial charge is 0.484 e. The van der Waals surface area contributed by atoms with E-state index >= 15 is 0 Å². The average Bonchev–Trinajstić information content (AvgIpc) is 3.17. The van der Waals surface area contributed by atoms with Crippen LogP contribution in [0.5, 0.6) is 5.75 Å². The monoisotopic (exact) mass is 270 g/mol. The van der Waals surface area contributed by atoms with Crippen LogP contribution in [0.3, 0.4) is 0 Å². The Hall–Kier alpha value is -1.81. The first-order valence-electron chi connectivity index (χ1n) is 7.19. The molecule has 2 aliphatic rings. The van der Waals surface area contributed by atoms with Crippen LogP contribution in [0.1, 0.15) is 54.3 Å². The van der Waals surface area contributed by atoms with Crippen LogP contribution in [-0.2, 0) is 0 Å². The lowest BCUT2D eigenvalue weighted by Crippen LogP contribution is -2.21. The van der Waals surface area contributed by atoms with Gasteiger partial charge in [-0.05, 0) is 31.9 Å². The number of hydrogen-bond acceptors (Lipinski definition) is 3. The van der Waals surface area contributed by atoms with E-state index in [9.17, 15) is 5.11 Å². The fraction of sp³-hybridized carbons (Fsp3) is 0.438. The fourth-order valence-electron chi connectivity index (χ4n) is 2.97. The Morgan fingerprint density at radius 2 is 2.20 bits per heavy atom. The molecule has 0 saturated heterocycles. The molecule has 1 unspecified atom stereocenters. The maximum Gasteiger partial charge on any atom is 0.143 e. The smallest absolute Gasteiger partial charge is 0.143 e. The third kappa shape index (κ3) is 1.91. The van der Waals surface area contributed by atoms with Gasteiger partial charge in [0.05, 0.1) is 24.3 Å². The summed E-state index contributed by atoms with van der Waals surface area (Å²) in [7, 11) is 0. The normalized spacial score (nSPS) is 25.1. The Labute approximate surface area is 118 Å². The topological polar surface area (TPSA) is 47.3 Å². The summed E-state index contributed by atoms with van der Waals surface area (Å²) in [5, 5.41) is 10.4. The summed E-state index contributed by atoms with van der Waals surface area (Å²) >= 11 is 0. The maximum atomic E-state index is 10.4. The molecule has 4 rings (SSSR count). The molecule has 4 nitrogen and oxygen atoms in total. The Morgan fingerprint density at radius 1 is 1.35 bits per heavy atom. The molecular weight excluding hydrogens is 252 g/mol. The van der Waals surface area contributed by atoms with Crippen molar-refractivity contribution in [2.24, 2.45) is 0 Å². The minimum absolute atomic E-state index is 0.108. The lowest BCUT2D eigenvalue weighted by atomic mass is 9.96. The van der Waals surface area contributed by atoms with Crippen LogP contribution >= 0.6 is 0 Å². The molecule has 1 aromatic carbocycles. The zero-order valence-electron chi connectivity index (χ0n) is 11.5. The van der Waals surface area contributed by atoms with Crippen LogP contribution in [0.25, 0.3) is 0 Å². The van der Waals surface area contributed by atoms with Crippen molar-refractivity contribution < 1.29 is 9.84 Å². The van der Waals surface area contributed by atoms with Crippen LogP contribution in [0, 0.1) is 6.92 Å². The second kappa shape index (κ2) is 4.35. The highest BCUT2D eigenvalue weighted by molar-refractivity contribution is 5.40. The molecule has 1 aromatic heterocycles. The predicted molar refractivity (Wildman–Crippen MR) is 74.6 cm³/mol. The number of aliphatic hydroxyl groups is 1. The van der Waals surface area contributed by atoms with Crippen molar-refractivity contribution in [3.05, 3.63) is 47.5 Å². The molecule has 4 heteroatoms. The molecular formula is C16H18N2O2. The summed E-state index contributed by atoms with van der Waals surface area (Å²) in [6.07, 6.45) is 6.20. The Bertz CT molecular complexity index is 646. The Balaban J connectivity index is 1.68. The van der Waals surface area contributed by atoms with E-state index in [1.165, 1.54) is 12.8 Å². The van der Waals surface area contributed by atoms with Gasteiger partial charge in [0.25, 0.3) is 0 Å². The highest BCUT2D eigenvalue weighted by atomic mass is 16.5. The van der Waals surface area contributed by atoms with Crippen LogP contribution in [0.2, 0.25) is 0 Å². The van der Waals surface area contributed by atoms with Crippen LogP contribution < -0.4 is 4.74 Å². The molecule has 1 aliphatic carbocycles. The second-order valence-corrected chi connectivity index (χ2v) is 5.86. The van der Waals surface area contributed by atoms with Crippen molar-refractivity contribution in [1.29, 1.82) is 0 Å². The number of aromatic nitrogens is 2. The fourth-order valence-corrected chi connectivity index (χ4v) is 2.97. The number of rotatable bonds is 2. The average molecular weight is 270 g/mol. The molecule has 20 heavy (non-hydrogen) atoms. The van der Waals surface area contributed by atoms with Crippen molar-refractivity contribution in [3.8, 4) is 5.75 Å². The molecule has 0 amide bonds. The molecule has 2 aromatic rings. The lowest BCUT2D eigenvalue weighted by molar-refractivity contribution is 0.0617. The van der Waals surface area contributed by atoms with Gasteiger partial charge in [-0.25, -0.2) is 4.98 Å². The van der Waals surface area contributed by atoms with Gasteiger partial charge in [0.2, 0.25) is 0 Å². The first kappa shape index (κ1) is 12.0. The van der Waals surface area contributed by atoms with Gasteiger partial charge in [0.15, 0.2) is 0 Å². The van der Waals surface area contributed by atoms with E-state index in [0.717, 1.165) is 22.6 Å². The van der Waals surface area contributed by atoms with Crippen LogP contribution in [0.15, 0.2) is 30.7 Å². The quantitative estimate of drug-likeness (QED) is 0.912. The van der Waals surface area contributed by atoms with E-state index in [1.54, 1.807) is 0 Å². The van der Waals surface area contributed by atoms with Crippen molar-refractivity contribution in [3.63, 3.8) is 0 Å². The standard InChI is InChI=1S/C16H18N2O2/c1-10-2-5-15-12(6-10)14(19)7-16(20-15)13-8-17-9-18(13)11-3-4-11/h2,5-6,8-9,11,14,16,19H,3-4,7H2,1H3/t14-,16?/m1/s1.